The summed E-state index contributed by atoms with van der Waals surface area (Å²) in [6.45, 7) is 0.613. The fraction of sp³-hybridized carbons (Fsp3) is 0.200. The summed E-state index contributed by atoms with van der Waals surface area (Å²) in [5, 5.41) is 4.22. The molecule has 6 nitrogen and oxygen atoms in total. The van der Waals surface area contributed by atoms with Gasteiger partial charge in [-0.25, -0.2) is 4.98 Å². The van der Waals surface area contributed by atoms with E-state index in [2.05, 4.69) is 15.5 Å². The minimum atomic E-state index is -0.110. The maximum atomic E-state index is 6.16. The predicted octanol–water partition coefficient (Wildman–Crippen LogP) is 1.44. The second-order valence-electron chi connectivity index (χ2n) is 5.09. The lowest BCUT2D eigenvalue weighted by atomic mass is 10.0. The van der Waals surface area contributed by atoms with E-state index in [1.54, 1.807) is 6.20 Å². The van der Waals surface area contributed by atoms with Gasteiger partial charge in [-0.2, -0.15) is 5.10 Å². The zero-order valence-corrected chi connectivity index (χ0v) is 11.4. The lowest BCUT2D eigenvalue weighted by Gasteiger charge is -2.29. The van der Waals surface area contributed by atoms with Gasteiger partial charge >= 0.3 is 0 Å². The third kappa shape index (κ3) is 2.09. The van der Waals surface area contributed by atoms with Crippen LogP contribution in [-0.2, 0) is 6.42 Å². The summed E-state index contributed by atoms with van der Waals surface area (Å²) >= 11 is 0. The van der Waals surface area contributed by atoms with Crippen molar-refractivity contribution in [3.05, 3.63) is 48.2 Å². The van der Waals surface area contributed by atoms with E-state index in [1.807, 2.05) is 41.3 Å². The number of nitrogens with one attached hydrogen (secondary N) is 1. The molecule has 4 rings (SSSR count). The Labute approximate surface area is 122 Å². The molecule has 1 unspecified atom stereocenters. The van der Waals surface area contributed by atoms with E-state index in [9.17, 15) is 0 Å². The van der Waals surface area contributed by atoms with Crippen molar-refractivity contribution in [2.24, 2.45) is 10.8 Å². The highest BCUT2D eigenvalue weighted by Gasteiger charge is 2.32. The first-order valence-electron chi connectivity index (χ1n) is 6.86. The van der Waals surface area contributed by atoms with E-state index in [4.69, 9.17) is 10.5 Å². The van der Waals surface area contributed by atoms with Crippen LogP contribution in [0.4, 0.5) is 5.82 Å². The van der Waals surface area contributed by atoms with Crippen LogP contribution in [0.1, 0.15) is 5.56 Å². The lowest BCUT2D eigenvalue weighted by Crippen LogP contribution is -2.47. The van der Waals surface area contributed by atoms with E-state index in [0.717, 1.165) is 28.7 Å². The van der Waals surface area contributed by atoms with Crippen LogP contribution in [0.15, 0.2) is 47.7 Å². The van der Waals surface area contributed by atoms with Gasteiger partial charge in [-0.3, -0.25) is 10.3 Å². The van der Waals surface area contributed by atoms with Crippen LogP contribution in [0.25, 0.3) is 0 Å². The highest BCUT2D eigenvalue weighted by atomic mass is 16.5. The van der Waals surface area contributed by atoms with Gasteiger partial charge in [0.05, 0.1) is 12.2 Å². The summed E-state index contributed by atoms with van der Waals surface area (Å²) in [6, 6.07) is 11.6. The molecule has 2 aliphatic heterocycles. The highest BCUT2D eigenvalue weighted by molar-refractivity contribution is 6.04. The topological polar surface area (TPSA) is 75.8 Å². The number of hydrogen-bond acceptors (Lipinski definition) is 6. The van der Waals surface area contributed by atoms with E-state index in [0.29, 0.717) is 13.1 Å². The number of nitrogens with zero attached hydrogens (tertiary/aromatic N) is 3. The van der Waals surface area contributed by atoms with Crippen LogP contribution in [0.2, 0.25) is 0 Å². The van der Waals surface area contributed by atoms with Gasteiger partial charge in [-0.05, 0) is 24.6 Å². The average molecular weight is 281 g/mol. The minimum Gasteiger partial charge on any atom is -0.456 e. The Balaban J connectivity index is 1.66. The molecule has 0 bridgehead atoms. The van der Waals surface area contributed by atoms with Gasteiger partial charge in [0.15, 0.2) is 0 Å². The molecular weight excluding hydrogens is 266 g/mol. The molecule has 106 valence electrons. The van der Waals surface area contributed by atoms with Crippen molar-refractivity contribution >= 4 is 11.7 Å². The van der Waals surface area contributed by atoms with Gasteiger partial charge in [-0.1, -0.05) is 18.2 Å². The monoisotopic (exact) mass is 281 g/mol. The fourth-order valence-corrected chi connectivity index (χ4v) is 2.68. The van der Waals surface area contributed by atoms with Crippen LogP contribution in [0.5, 0.6) is 11.5 Å². The van der Waals surface area contributed by atoms with Crippen molar-refractivity contribution < 1.29 is 4.74 Å². The molecule has 1 atom stereocenters. The molecule has 0 aliphatic carbocycles. The number of rotatable bonds is 2. The standard InChI is InChI=1S/C15H15N5O/c16-13-7-10-6-12(21-11-4-2-1-3-5-11)8-17-14(10)20-9-18-19-15(13)20/h1-6,8,13,18H,7,9,16H2. The first kappa shape index (κ1) is 12.2. The number of benzene rings is 1. The molecule has 0 spiro atoms. The molecule has 21 heavy (non-hydrogen) atoms. The number of amidine groups is 1. The zero-order chi connectivity index (χ0) is 14.2. The molecule has 0 amide bonds. The number of ether oxygens (including phenoxy) is 1. The molecule has 1 aromatic heterocycles. The summed E-state index contributed by atoms with van der Waals surface area (Å²) in [5.74, 6) is 3.27. The molecule has 0 saturated carbocycles. The van der Waals surface area contributed by atoms with Crippen LogP contribution in [-0.4, -0.2) is 23.5 Å². The Bertz CT molecular complexity index is 700. The fourth-order valence-electron chi connectivity index (χ4n) is 2.68. The van der Waals surface area contributed by atoms with Gasteiger partial charge in [0, 0.05) is 5.56 Å². The molecule has 0 fully saturated rings. The third-order valence-corrected chi connectivity index (χ3v) is 3.62. The molecule has 2 aromatic rings. The Hall–Kier alpha value is -2.60. The third-order valence-electron chi connectivity index (χ3n) is 3.62. The predicted molar refractivity (Wildman–Crippen MR) is 80.3 cm³/mol. The van der Waals surface area contributed by atoms with Gasteiger partial charge in [0.25, 0.3) is 0 Å². The molecule has 6 heteroatoms. The number of fused-ring (bicyclic) bond motifs is 3. The van der Waals surface area contributed by atoms with Crippen LogP contribution in [0.3, 0.4) is 0 Å². The molecular formula is C15H15N5O. The number of hydrogen-bond donors (Lipinski definition) is 2. The van der Waals surface area contributed by atoms with Crippen molar-refractivity contribution in [1.82, 2.24) is 10.4 Å². The van der Waals surface area contributed by atoms with Gasteiger partial charge < -0.3 is 10.5 Å². The highest BCUT2D eigenvalue weighted by Crippen LogP contribution is 2.31. The molecule has 1 aromatic carbocycles. The van der Waals surface area contributed by atoms with E-state index in [1.165, 1.54) is 0 Å². The van der Waals surface area contributed by atoms with E-state index >= 15 is 0 Å². The summed E-state index contributed by atoms with van der Waals surface area (Å²) in [5.41, 5.74) is 10.2. The largest absolute Gasteiger partial charge is 0.456 e. The van der Waals surface area contributed by atoms with Crippen LogP contribution < -0.4 is 20.8 Å². The molecule has 2 aliphatic rings. The van der Waals surface area contributed by atoms with Crippen molar-refractivity contribution in [3.8, 4) is 11.5 Å². The summed E-state index contributed by atoms with van der Waals surface area (Å²) in [4.78, 5) is 6.53. The first-order valence-corrected chi connectivity index (χ1v) is 6.86. The number of hydrazone groups is 1. The first-order chi connectivity index (χ1) is 10.3. The van der Waals surface area contributed by atoms with Gasteiger partial charge in [0.1, 0.15) is 29.8 Å². The van der Waals surface area contributed by atoms with Gasteiger partial charge in [-0.15, -0.1) is 0 Å². The van der Waals surface area contributed by atoms with Crippen molar-refractivity contribution in [3.63, 3.8) is 0 Å². The second kappa shape index (κ2) is 4.75. The lowest BCUT2D eigenvalue weighted by molar-refractivity contribution is 0.479. The Kier molecular flexibility index (Phi) is 2.75. The molecule has 3 heterocycles. The minimum absolute atomic E-state index is 0.110. The Morgan fingerprint density at radius 2 is 2.10 bits per heavy atom. The quantitative estimate of drug-likeness (QED) is 0.871. The number of anilines is 1. The Morgan fingerprint density at radius 3 is 2.95 bits per heavy atom. The number of para-hydroxylation sites is 1. The SMILES string of the molecule is NC1Cc2cc(Oc3ccccc3)cnc2N2CNN=C12. The molecule has 0 saturated heterocycles. The van der Waals surface area contributed by atoms with Gasteiger partial charge in [0.2, 0.25) is 0 Å². The summed E-state index contributed by atoms with van der Waals surface area (Å²) < 4.78 is 5.82. The van der Waals surface area contributed by atoms with Crippen molar-refractivity contribution in [1.29, 1.82) is 0 Å². The molecule has 0 radical (unpaired) electrons. The number of aromatic nitrogens is 1. The number of pyridine rings is 1. The maximum Gasteiger partial charge on any atom is 0.149 e. The van der Waals surface area contributed by atoms with Crippen molar-refractivity contribution in [2.45, 2.75) is 12.5 Å². The molecule has 3 N–H and O–H groups in total. The smallest absolute Gasteiger partial charge is 0.149 e. The summed E-state index contributed by atoms with van der Waals surface area (Å²) in [7, 11) is 0. The van der Waals surface area contributed by atoms with Crippen molar-refractivity contribution in [2.75, 3.05) is 11.6 Å². The van der Waals surface area contributed by atoms with Crippen LogP contribution >= 0.6 is 0 Å². The van der Waals surface area contributed by atoms with Crippen LogP contribution in [0, 0.1) is 0 Å². The van der Waals surface area contributed by atoms with E-state index in [-0.39, 0.29) is 6.04 Å². The second-order valence-corrected chi connectivity index (χ2v) is 5.09. The normalized spacial score (nSPS) is 19.4. The zero-order valence-electron chi connectivity index (χ0n) is 11.4. The summed E-state index contributed by atoms with van der Waals surface area (Å²) in [6.07, 6.45) is 2.45. The maximum absolute atomic E-state index is 6.16. The van der Waals surface area contributed by atoms with E-state index < -0.39 is 0 Å². The number of nitrogens with two attached hydrogens (primary N) is 1. The Morgan fingerprint density at radius 1 is 1.24 bits per heavy atom. The average Bonchev–Trinajstić information content (AvgIpc) is 2.98.